The smallest absolute Gasteiger partial charge is 0.333 e. The maximum Gasteiger partial charge on any atom is 0.333 e. The van der Waals surface area contributed by atoms with Crippen molar-refractivity contribution in [3.8, 4) is 29.7 Å². The van der Waals surface area contributed by atoms with Crippen molar-refractivity contribution in [1.82, 2.24) is 0 Å². The zero-order valence-electron chi connectivity index (χ0n) is 15.7. The fourth-order valence-electron chi connectivity index (χ4n) is 2.60. The second-order valence-electron chi connectivity index (χ2n) is 5.74. The fourth-order valence-corrected chi connectivity index (χ4v) is 2.60. The molecule has 1 aromatic rings. The Morgan fingerprint density at radius 1 is 1.11 bits per heavy atom. The van der Waals surface area contributed by atoms with Crippen LogP contribution in [0, 0.1) is 34.0 Å². The molecule has 0 saturated carbocycles. The lowest BCUT2D eigenvalue weighted by Gasteiger charge is -2.29. The lowest BCUT2D eigenvalue weighted by atomic mass is 9.90. The molecule has 1 atom stereocenters. The first-order valence-corrected chi connectivity index (χ1v) is 7.94. The van der Waals surface area contributed by atoms with Crippen molar-refractivity contribution in [2.75, 3.05) is 14.2 Å². The number of nitrogens with two attached hydrogens (primary N) is 1. The van der Waals surface area contributed by atoms with Crippen LogP contribution in [0.15, 0.2) is 46.0 Å². The zero-order valence-corrected chi connectivity index (χ0v) is 15.7. The number of benzene rings is 1. The summed E-state index contributed by atoms with van der Waals surface area (Å²) >= 11 is 0. The van der Waals surface area contributed by atoms with Crippen LogP contribution in [0.3, 0.4) is 0 Å². The first-order chi connectivity index (χ1) is 13.4. The summed E-state index contributed by atoms with van der Waals surface area (Å²) in [4.78, 5) is 5.65. The van der Waals surface area contributed by atoms with Crippen LogP contribution in [0.5, 0.6) is 11.5 Å². The summed E-state index contributed by atoms with van der Waals surface area (Å²) in [6.45, 7) is 3.36. The monoisotopic (exact) mass is 379 g/mol. The summed E-state index contributed by atoms with van der Waals surface area (Å²) in [5, 5.41) is 32.3. The van der Waals surface area contributed by atoms with E-state index in [-0.39, 0.29) is 17.0 Å². The molecule has 0 aromatic heterocycles. The van der Waals surface area contributed by atoms with Crippen molar-refractivity contribution >= 4 is 5.71 Å². The van der Waals surface area contributed by atoms with Gasteiger partial charge in [-0.3, -0.25) is 0 Å². The van der Waals surface area contributed by atoms with Gasteiger partial charge < -0.3 is 24.8 Å². The van der Waals surface area contributed by atoms with Gasteiger partial charge in [-0.1, -0.05) is 5.16 Å². The van der Waals surface area contributed by atoms with Crippen LogP contribution < -0.4 is 15.2 Å². The quantitative estimate of drug-likeness (QED) is 0.466. The van der Waals surface area contributed by atoms with E-state index in [1.165, 1.54) is 20.3 Å². The molecule has 0 amide bonds. The number of hydrogen-bond donors (Lipinski definition) is 1. The standard InChI is InChI=1S/C19H17N5O4/c1-11(2)24-28-19(13-5-6-15(25-3)16(7-13)26-4)17(12(8-20)9-21)14(10-22)18(23)27-19/h5-7H,23H2,1-4H3. The van der Waals surface area contributed by atoms with Crippen LogP contribution in [0.4, 0.5) is 0 Å². The third-order valence-electron chi connectivity index (χ3n) is 3.78. The van der Waals surface area contributed by atoms with E-state index in [2.05, 4.69) is 5.16 Å². The van der Waals surface area contributed by atoms with E-state index in [1.54, 1.807) is 38.1 Å². The van der Waals surface area contributed by atoms with Gasteiger partial charge in [0.25, 0.3) is 0 Å². The molecule has 1 aromatic carbocycles. The molecule has 1 aliphatic heterocycles. The van der Waals surface area contributed by atoms with Gasteiger partial charge in [0.1, 0.15) is 29.4 Å². The number of hydrogen-bond acceptors (Lipinski definition) is 9. The molecule has 0 aliphatic carbocycles. The number of oxime groups is 1. The van der Waals surface area contributed by atoms with Gasteiger partial charge in [-0.05, 0) is 32.0 Å². The number of rotatable bonds is 5. The van der Waals surface area contributed by atoms with Crippen LogP contribution >= 0.6 is 0 Å². The predicted octanol–water partition coefficient (Wildman–Crippen LogP) is 2.34. The first kappa shape index (κ1) is 20.2. The van der Waals surface area contributed by atoms with Crippen molar-refractivity contribution in [2.24, 2.45) is 10.9 Å². The number of ether oxygens (including phenoxy) is 3. The van der Waals surface area contributed by atoms with Crippen LogP contribution in [-0.2, 0) is 15.4 Å². The molecule has 1 unspecified atom stereocenters. The summed E-state index contributed by atoms with van der Waals surface area (Å²) in [6.07, 6.45) is 0. The van der Waals surface area contributed by atoms with Gasteiger partial charge in [0.15, 0.2) is 11.5 Å². The van der Waals surface area contributed by atoms with Gasteiger partial charge in [-0.25, -0.2) is 0 Å². The number of nitriles is 3. The number of methoxy groups -OCH3 is 2. The van der Waals surface area contributed by atoms with Crippen molar-refractivity contribution in [3.05, 3.63) is 46.4 Å². The van der Waals surface area contributed by atoms with Gasteiger partial charge in [0.05, 0.1) is 25.5 Å². The average Bonchev–Trinajstić information content (AvgIpc) is 2.99. The lowest BCUT2D eigenvalue weighted by Crippen LogP contribution is -2.32. The largest absolute Gasteiger partial charge is 0.493 e. The van der Waals surface area contributed by atoms with Crippen LogP contribution in [0.25, 0.3) is 0 Å². The molecular weight excluding hydrogens is 362 g/mol. The van der Waals surface area contributed by atoms with Gasteiger partial charge in [-0.15, -0.1) is 0 Å². The third kappa shape index (κ3) is 3.27. The molecule has 2 rings (SSSR count). The highest BCUT2D eigenvalue weighted by Crippen LogP contribution is 2.49. The zero-order chi connectivity index (χ0) is 20.9. The fraction of sp³-hybridized carbons (Fsp3) is 0.263. The summed E-state index contributed by atoms with van der Waals surface area (Å²) in [7, 11) is 2.92. The van der Waals surface area contributed by atoms with E-state index < -0.39 is 11.4 Å². The first-order valence-electron chi connectivity index (χ1n) is 7.94. The summed E-state index contributed by atoms with van der Waals surface area (Å²) < 4.78 is 16.2. The molecule has 0 spiro atoms. The van der Waals surface area contributed by atoms with E-state index in [1.807, 2.05) is 6.07 Å². The van der Waals surface area contributed by atoms with Gasteiger partial charge in [0, 0.05) is 5.56 Å². The maximum atomic E-state index is 9.53. The molecule has 0 bridgehead atoms. The highest BCUT2D eigenvalue weighted by atomic mass is 16.8. The molecule has 0 radical (unpaired) electrons. The average molecular weight is 379 g/mol. The van der Waals surface area contributed by atoms with Gasteiger partial charge in [-0.2, -0.15) is 15.8 Å². The highest BCUT2D eigenvalue weighted by molar-refractivity contribution is 5.78. The summed E-state index contributed by atoms with van der Waals surface area (Å²) in [6, 6.07) is 10.1. The maximum absolute atomic E-state index is 9.53. The van der Waals surface area contributed by atoms with Gasteiger partial charge >= 0.3 is 5.79 Å². The summed E-state index contributed by atoms with van der Waals surface area (Å²) in [5.74, 6) is -1.45. The van der Waals surface area contributed by atoms with E-state index in [9.17, 15) is 15.8 Å². The van der Waals surface area contributed by atoms with Crippen LogP contribution in [0.2, 0.25) is 0 Å². The van der Waals surface area contributed by atoms with Crippen LogP contribution in [-0.4, -0.2) is 19.9 Å². The van der Waals surface area contributed by atoms with Crippen molar-refractivity contribution in [2.45, 2.75) is 19.6 Å². The topological polar surface area (TPSA) is 147 Å². The highest BCUT2D eigenvalue weighted by Gasteiger charge is 2.53. The lowest BCUT2D eigenvalue weighted by molar-refractivity contribution is -0.187. The molecule has 0 fully saturated rings. The Hall–Kier alpha value is -4.16. The molecule has 9 nitrogen and oxygen atoms in total. The van der Waals surface area contributed by atoms with Crippen molar-refractivity contribution in [1.29, 1.82) is 15.8 Å². The second kappa shape index (κ2) is 8.03. The number of allylic oxidation sites excluding steroid dienone is 1. The summed E-state index contributed by atoms with van der Waals surface area (Å²) in [5.41, 5.74) is 5.99. The van der Waals surface area contributed by atoms with Crippen molar-refractivity contribution < 1.29 is 19.0 Å². The molecule has 28 heavy (non-hydrogen) atoms. The number of nitrogens with zero attached hydrogens (tertiary/aromatic N) is 4. The predicted molar refractivity (Wildman–Crippen MR) is 97.3 cm³/mol. The Labute approximate surface area is 162 Å². The molecule has 142 valence electrons. The molecule has 0 saturated heterocycles. The van der Waals surface area contributed by atoms with E-state index in [4.69, 9.17) is 24.8 Å². The third-order valence-corrected chi connectivity index (χ3v) is 3.78. The van der Waals surface area contributed by atoms with E-state index in [0.29, 0.717) is 22.8 Å². The Bertz CT molecular complexity index is 1000. The van der Waals surface area contributed by atoms with E-state index >= 15 is 0 Å². The SMILES string of the molecule is COc1ccc(C2(ON=C(C)C)OC(N)=C(C#N)C2=C(C#N)C#N)cc1OC. The Morgan fingerprint density at radius 3 is 2.25 bits per heavy atom. The molecular formula is C19H17N5O4. The Morgan fingerprint density at radius 2 is 1.75 bits per heavy atom. The Balaban J connectivity index is 2.89. The van der Waals surface area contributed by atoms with Crippen molar-refractivity contribution in [3.63, 3.8) is 0 Å². The normalized spacial score (nSPS) is 17.5. The molecule has 9 heteroatoms. The Kier molecular flexibility index (Phi) is 5.78. The second-order valence-corrected chi connectivity index (χ2v) is 5.74. The van der Waals surface area contributed by atoms with E-state index in [0.717, 1.165) is 0 Å². The molecule has 1 aliphatic rings. The molecule has 2 N–H and O–H groups in total. The van der Waals surface area contributed by atoms with Crippen LogP contribution in [0.1, 0.15) is 19.4 Å². The van der Waals surface area contributed by atoms with Gasteiger partial charge in [0.2, 0.25) is 5.88 Å². The minimum Gasteiger partial charge on any atom is -0.493 e. The molecule has 1 heterocycles. The minimum absolute atomic E-state index is 0.130. The minimum atomic E-state index is -1.92.